The highest BCUT2D eigenvalue weighted by atomic mass is 35.5. The molecule has 0 atom stereocenters. The average Bonchev–Trinajstić information content (AvgIpc) is 3.16. The van der Waals surface area contributed by atoms with E-state index in [1.54, 1.807) is 41.0 Å². The van der Waals surface area contributed by atoms with Crippen LogP contribution in [0.15, 0.2) is 48.5 Å². The summed E-state index contributed by atoms with van der Waals surface area (Å²) in [7, 11) is 1.61. The number of ether oxygens (including phenoxy) is 1. The fourth-order valence-corrected chi connectivity index (χ4v) is 3.24. The number of hydrogen-bond acceptors (Lipinski definition) is 3. The number of carbonyl (C=O) groups is 1. The predicted octanol–water partition coefficient (Wildman–Crippen LogP) is 5.34. The van der Waals surface area contributed by atoms with E-state index >= 15 is 0 Å². The van der Waals surface area contributed by atoms with E-state index in [1.165, 1.54) is 0 Å². The minimum Gasteiger partial charge on any atom is -0.497 e. The van der Waals surface area contributed by atoms with Gasteiger partial charge in [0, 0.05) is 18.7 Å². The van der Waals surface area contributed by atoms with Crippen molar-refractivity contribution in [3.63, 3.8) is 0 Å². The molecule has 0 saturated heterocycles. The lowest BCUT2D eigenvalue weighted by Crippen LogP contribution is -2.32. The van der Waals surface area contributed by atoms with Gasteiger partial charge in [-0.1, -0.05) is 35.3 Å². The lowest BCUT2D eigenvalue weighted by atomic mass is 10.1. The van der Waals surface area contributed by atoms with Crippen molar-refractivity contribution in [1.29, 1.82) is 0 Å². The summed E-state index contributed by atoms with van der Waals surface area (Å²) in [6.45, 7) is 5.11. The fourth-order valence-electron chi connectivity index (χ4n) is 2.94. The number of benzene rings is 2. The first-order chi connectivity index (χ1) is 13.5. The molecule has 0 aliphatic rings. The van der Waals surface area contributed by atoms with Crippen LogP contribution in [0.5, 0.6) is 5.75 Å². The molecule has 0 radical (unpaired) electrons. The van der Waals surface area contributed by atoms with Crippen molar-refractivity contribution in [2.75, 3.05) is 20.2 Å². The van der Waals surface area contributed by atoms with Crippen molar-refractivity contribution >= 4 is 29.1 Å². The quantitative estimate of drug-likeness (QED) is 0.543. The molecule has 1 heterocycles. The first-order valence-corrected chi connectivity index (χ1v) is 9.73. The Bertz CT molecular complexity index is 997. The number of methoxy groups -OCH3 is 1. The molecule has 0 bridgehead atoms. The van der Waals surface area contributed by atoms with Gasteiger partial charge in [0.25, 0.3) is 5.91 Å². The Hall–Kier alpha value is -2.50. The van der Waals surface area contributed by atoms with Gasteiger partial charge in [0.15, 0.2) is 0 Å². The van der Waals surface area contributed by atoms with Gasteiger partial charge in [-0.25, -0.2) is 4.68 Å². The van der Waals surface area contributed by atoms with Gasteiger partial charge in [-0.05, 0) is 50.2 Å². The van der Waals surface area contributed by atoms with Crippen LogP contribution in [0.1, 0.15) is 24.3 Å². The maximum absolute atomic E-state index is 13.1. The molecule has 0 spiro atoms. The summed E-state index contributed by atoms with van der Waals surface area (Å²) in [5, 5.41) is 5.53. The molecule has 0 unspecified atom stereocenters. The third kappa shape index (κ3) is 4.01. The Morgan fingerprint density at radius 3 is 2.46 bits per heavy atom. The van der Waals surface area contributed by atoms with Crippen LogP contribution in [0.4, 0.5) is 0 Å². The van der Waals surface area contributed by atoms with Crippen LogP contribution in [0.2, 0.25) is 10.0 Å². The summed E-state index contributed by atoms with van der Waals surface area (Å²) in [4.78, 5) is 14.9. The number of nitrogens with zero attached hydrogens (tertiary/aromatic N) is 3. The Kier molecular flexibility index (Phi) is 6.27. The molecule has 3 aromatic rings. The Morgan fingerprint density at radius 2 is 1.82 bits per heavy atom. The van der Waals surface area contributed by atoms with Gasteiger partial charge in [-0.2, -0.15) is 5.10 Å². The number of halogens is 2. The second-order valence-electron chi connectivity index (χ2n) is 6.13. The molecule has 0 N–H and O–H groups in total. The molecule has 1 amide bonds. The molecule has 0 fully saturated rings. The second-order valence-corrected chi connectivity index (χ2v) is 6.95. The Labute approximate surface area is 174 Å². The van der Waals surface area contributed by atoms with Gasteiger partial charge < -0.3 is 9.64 Å². The van der Waals surface area contributed by atoms with Crippen LogP contribution in [0.3, 0.4) is 0 Å². The Balaban J connectivity index is 2.16. The monoisotopic (exact) mass is 417 g/mol. The topological polar surface area (TPSA) is 47.4 Å². The lowest BCUT2D eigenvalue weighted by molar-refractivity contribution is 0.0764. The van der Waals surface area contributed by atoms with Crippen LogP contribution in [0.25, 0.3) is 16.9 Å². The molecule has 146 valence electrons. The minimum atomic E-state index is -0.0993. The first-order valence-electron chi connectivity index (χ1n) is 8.97. The van der Waals surface area contributed by atoms with E-state index in [1.807, 2.05) is 38.1 Å². The highest BCUT2D eigenvalue weighted by molar-refractivity contribution is 6.42. The van der Waals surface area contributed by atoms with Gasteiger partial charge in [0.2, 0.25) is 0 Å². The summed E-state index contributed by atoms with van der Waals surface area (Å²) in [6, 6.07) is 14.5. The van der Waals surface area contributed by atoms with Crippen LogP contribution < -0.4 is 4.74 Å². The molecular formula is C21H21Cl2N3O2. The van der Waals surface area contributed by atoms with E-state index in [2.05, 4.69) is 5.10 Å². The molecule has 0 saturated carbocycles. The average molecular weight is 418 g/mol. The van der Waals surface area contributed by atoms with Crippen molar-refractivity contribution in [2.45, 2.75) is 13.8 Å². The number of aromatic nitrogens is 2. The van der Waals surface area contributed by atoms with E-state index in [9.17, 15) is 4.79 Å². The standard InChI is InChI=1S/C21H21Cl2N3O2/c1-4-25(5-2)21(27)20-13-19(14-7-6-8-16(11-14)28-3)24-26(20)15-9-10-17(22)18(23)12-15/h6-13H,4-5H2,1-3H3. The molecule has 28 heavy (non-hydrogen) atoms. The van der Waals surface area contributed by atoms with E-state index in [-0.39, 0.29) is 5.91 Å². The van der Waals surface area contributed by atoms with Gasteiger partial charge >= 0.3 is 0 Å². The molecule has 2 aromatic carbocycles. The maximum atomic E-state index is 13.1. The van der Waals surface area contributed by atoms with Crippen LogP contribution in [-0.4, -0.2) is 40.8 Å². The molecule has 1 aromatic heterocycles. The van der Waals surface area contributed by atoms with Gasteiger partial charge in [0.1, 0.15) is 11.4 Å². The third-order valence-corrected chi connectivity index (χ3v) is 5.23. The molecule has 0 aliphatic carbocycles. The number of hydrogen-bond donors (Lipinski definition) is 0. The molecule has 5 nitrogen and oxygen atoms in total. The van der Waals surface area contributed by atoms with E-state index < -0.39 is 0 Å². The molecule has 0 aliphatic heterocycles. The van der Waals surface area contributed by atoms with Gasteiger partial charge in [-0.15, -0.1) is 0 Å². The lowest BCUT2D eigenvalue weighted by Gasteiger charge is -2.19. The van der Waals surface area contributed by atoms with Crippen molar-refractivity contribution in [3.05, 3.63) is 64.3 Å². The summed E-state index contributed by atoms with van der Waals surface area (Å²) >= 11 is 12.2. The van der Waals surface area contributed by atoms with E-state index in [0.29, 0.717) is 40.2 Å². The van der Waals surface area contributed by atoms with Crippen molar-refractivity contribution in [2.24, 2.45) is 0 Å². The van der Waals surface area contributed by atoms with E-state index in [0.717, 1.165) is 11.3 Å². The van der Waals surface area contributed by atoms with Gasteiger partial charge in [0.05, 0.1) is 28.5 Å². The zero-order valence-corrected chi connectivity index (χ0v) is 17.5. The smallest absolute Gasteiger partial charge is 0.272 e. The van der Waals surface area contributed by atoms with Crippen molar-refractivity contribution in [3.8, 4) is 22.7 Å². The van der Waals surface area contributed by atoms with Crippen LogP contribution in [-0.2, 0) is 0 Å². The predicted molar refractivity (Wildman–Crippen MR) is 113 cm³/mol. The van der Waals surface area contributed by atoms with E-state index in [4.69, 9.17) is 27.9 Å². The van der Waals surface area contributed by atoms with Crippen molar-refractivity contribution < 1.29 is 9.53 Å². The summed E-state index contributed by atoms with van der Waals surface area (Å²) < 4.78 is 6.91. The van der Waals surface area contributed by atoms with Crippen LogP contribution >= 0.6 is 23.2 Å². The highest BCUT2D eigenvalue weighted by Crippen LogP contribution is 2.28. The number of amides is 1. The van der Waals surface area contributed by atoms with Crippen molar-refractivity contribution in [1.82, 2.24) is 14.7 Å². The zero-order chi connectivity index (χ0) is 20.3. The molecular weight excluding hydrogens is 397 g/mol. The van der Waals surface area contributed by atoms with Gasteiger partial charge in [-0.3, -0.25) is 4.79 Å². The minimum absolute atomic E-state index is 0.0993. The summed E-state index contributed by atoms with van der Waals surface area (Å²) in [6.07, 6.45) is 0. The summed E-state index contributed by atoms with van der Waals surface area (Å²) in [5.41, 5.74) is 2.64. The number of carbonyl (C=O) groups excluding carboxylic acids is 1. The number of rotatable bonds is 6. The Morgan fingerprint density at radius 1 is 1.07 bits per heavy atom. The highest BCUT2D eigenvalue weighted by Gasteiger charge is 2.21. The second kappa shape index (κ2) is 8.67. The maximum Gasteiger partial charge on any atom is 0.272 e. The molecule has 7 heteroatoms. The van der Waals surface area contributed by atoms with Crippen LogP contribution in [0, 0.1) is 0 Å². The zero-order valence-electron chi connectivity index (χ0n) is 15.9. The largest absolute Gasteiger partial charge is 0.497 e. The fraction of sp³-hybridized carbons (Fsp3) is 0.238. The normalized spacial score (nSPS) is 10.8. The SMILES string of the molecule is CCN(CC)C(=O)c1cc(-c2cccc(OC)c2)nn1-c1ccc(Cl)c(Cl)c1. The summed E-state index contributed by atoms with van der Waals surface area (Å²) in [5.74, 6) is 0.621. The molecule has 3 rings (SSSR count). The third-order valence-electron chi connectivity index (χ3n) is 4.49. The first kappa shape index (κ1) is 20.2.